The standard InChI is InChI=1S/C38H24N4/c1-3-11-25(12-4-1)33-23-28(24-39-40-33)42-35-18-10-8-16-30(35)32-22-20-26-19-21-31-29-15-7-9-17-34(29)41(27-13-5-2-6-14-27)37(31)36(26)38(32)42/h1-24H. The Kier molecular flexibility index (Phi) is 4.87. The van der Waals surface area contributed by atoms with Crippen molar-refractivity contribution in [3.05, 3.63) is 146 Å². The van der Waals surface area contributed by atoms with Crippen molar-refractivity contribution in [3.8, 4) is 22.6 Å². The summed E-state index contributed by atoms with van der Waals surface area (Å²) < 4.78 is 4.80. The molecule has 9 rings (SSSR count). The fourth-order valence-corrected chi connectivity index (χ4v) is 6.66. The Balaban J connectivity index is 1.51. The summed E-state index contributed by atoms with van der Waals surface area (Å²) in [6.45, 7) is 0. The Hall–Kier alpha value is -5.74. The molecular formula is C38H24N4. The quantitative estimate of drug-likeness (QED) is 0.225. The van der Waals surface area contributed by atoms with E-state index in [9.17, 15) is 0 Å². The SMILES string of the molecule is c1ccc(-c2cc(-n3c4ccccc4c4ccc5ccc6c7ccccc7n(-c7ccccc7)c6c5c43)cnn2)cc1. The molecule has 9 aromatic rings. The molecule has 0 unspecified atom stereocenters. The number of rotatable bonds is 3. The van der Waals surface area contributed by atoms with Crippen molar-refractivity contribution in [3.63, 3.8) is 0 Å². The smallest absolute Gasteiger partial charge is 0.0950 e. The topological polar surface area (TPSA) is 35.6 Å². The third kappa shape index (κ3) is 3.23. The molecule has 4 heteroatoms. The molecule has 6 aromatic carbocycles. The number of hydrogen-bond acceptors (Lipinski definition) is 2. The number of aromatic nitrogens is 4. The van der Waals surface area contributed by atoms with Gasteiger partial charge in [0.2, 0.25) is 0 Å². The van der Waals surface area contributed by atoms with Gasteiger partial charge in [-0.3, -0.25) is 0 Å². The van der Waals surface area contributed by atoms with E-state index in [2.05, 4.69) is 141 Å². The molecule has 0 radical (unpaired) electrons. The number of fused-ring (bicyclic) bond motifs is 9. The molecule has 196 valence electrons. The monoisotopic (exact) mass is 536 g/mol. The molecule has 4 nitrogen and oxygen atoms in total. The molecule has 3 heterocycles. The van der Waals surface area contributed by atoms with Crippen LogP contribution in [-0.4, -0.2) is 19.3 Å². The zero-order chi connectivity index (χ0) is 27.6. The van der Waals surface area contributed by atoms with Crippen molar-refractivity contribution in [1.82, 2.24) is 19.3 Å². The summed E-state index contributed by atoms with van der Waals surface area (Å²) in [5, 5.41) is 16.3. The summed E-state index contributed by atoms with van der Waals surface area (Å²) in [7, 11) is 0. The fraction of sp³-hybridized carbons (Fsp3) is 0. The lowest BCUT2D eigenvalue weighted by molar-refractivity contribution is 1.01. The highest BCUT2D eigenvalue weighted by molar-refractivity contribution is 6.28. The lowest BCUT2D eigenvalue weighted by Crippen LogP contribution is -1.99. The van der Waals surface area contributed by atoms with Gasteiger partial charge in [-0.05, 0) is 35.7 Å². The van der Waals surface area contributed by atoms with E-state index in [1.165, 1.54) is 48.9 Å². The Morgan fingerprint density at radius 3 is 1.64 bits per heavy atom. The van der Waals surface area contributed by atoms with E-state index in [1.807, 2.05) is 24.4 Å². The van der Waals surface area contributed by atoms with Crippen LogP contribution in [-0.2, 0) is 0 Å². The molecule has 0 bridgehead atoms. The average molecular weight is 537 g/mol. The summed E-state index contributed by atoms with van der Waals surface area (Å²) in [6.07, 6.45) is 1.88. The highest BCUT2D eigenvalue weighted by Gasteiger charge is 2.21. The van der Waals surface area contributed by atoms with E-state index in [0.29, 0.717) is 0 Å². The van der Waals surface area contributed by atoms with Gasteiger partial charge in [0.1, 0.15) is 0 Å². The van der Waals surface area contributed by atoms with Crippen LogP contribution in [0, 0.1) is 0 Å². The second-order valence-electron chi connectivity index (χ2n) is 10.7. The molecule has 0 aliphatic carbocycles. The first-order valence-electron chi connectivity index (χ1n) is 14.2. The number of benzene rings is 6. The molecule has 0 spiro atoms. The van der Waals surface area contributed by atoms with Crippen LogP contribution in [0.25, 0.3) is 77.0 Å². The highest BCUT2D eigenvalue weighted by Crippen LogP contribution is 2.43. The summed E-state index contributed by atoms with van der Waals surface area (Å²) in [4.78, 5) is 0. The van der Waals surface area contributed by atoms with Gasteiger partial charge < -0.3 is 9.13 Å². The van der Waals surface area contributed by atoms with Gasteiger partial charge in [-0.15, -0.1) is 0 Å². The Morgan fingerprint density at radius 2 is 1.00 bits per heavy atom. The molecule has 42 heavy (non-hydrogen) atoms. The van der Waals surface area contributed by atoms with E-state index in [-0.39, 0.29) is 0 Å². The first kappa shape index (κ1) is 23.0. The van der Waals surface area contributed by atoms with Crippen molar-refractivity contribution in [2.24, 2.45) is 0 Å². The van der Waals surface area contributed by atoms with E-state index in [4.69, 9.17) is 0 Å². The second-order valence-corrected chi connectivity index (χ2v) is 10.7. The molecule has 0 saturated heterocycles. The van der Waals surface area contributed by atoms with Crippen LogP contribution in [0.2, 0.25) is 0 Å². The van der Waals surface area contributed by atoms with Crippen LogP contribution < -0.4 is 0 Å². The van der Waals surface area contributed by atoms with Crippen LogP contribution in [0.15, 0.2) is 146 Å². The molecule has 0 fully saturated rings. The maximum absolute atomic E-state index is 4.51. The Bertz CT molecular complexity index is 2450. The van der Waals surface area contributed by atoms with Gasteiger partial charge in [0.15, 0.2) is 0 Å². The minimum atomic E-state index is 0.850. The summed E-state index contributed by atoms with van der Waals surface area (Å²) in [5.74, 6) is 0. The molecule has 0 N–H and O–H groups in total. The maximum Gasteiger partial charge on any atom is 0.0950 e. The minimum Gasteiger partial charge on any atom is -0.309 e. The average Bonchev–Trinajstić information content (AvgIpc) is 3.59. The predicted molar refractivity (Wildman–Crippen MR) is 174 cm³/mol. The van der Waals surface area contributed by atoms with Crippen LogP contribution in [0.4, 0.5) is 0 Å². The maximum atomic E-state index is 4.51. The summed E-state index contributed by atoms with van der Waals surface area (Å²) >= 11 is 0. The predicted octanol–water partition coefficient (Wildman–Crippen LogP) is 9.49. The molecule has 0 aliphatic heterocycles. The molecule has 0 aliphatic rings. The lowest BCUT2D eigenvalue weighted by atomic mass is 10.0. The fourth-order valence-electron chi connectivity index (χ4n) is 6.66. The van der Waals surface area contributed by atoms with Gasteiger partial charge in [-0.25, -0.2) is 0 Å². The number of para-hydroxylation sites is 3. The first-order chi connectivity index (χ1) is 20.9. The molecule has 0 saturated carbocycles. The van der Waals surface area contributed by atoms with Crippen molar-refractivity contribution >= 4 is 54.4 Å². The van der Waals surface area contributed by atoms with Crippen LogP contribution in [0.5, 0.6) is 0 Å². The van der Waals surface area contributed by atoms with E-state index < -0.39 is 0 Å². The van der Waals surface area contributed by atoms with Crippen molar-refractivity contribution < 1.29 is 0 Å². The first-order valence-corrected chi connectivity index (χ1v) is 14.2. The zero-order valence-corrected chi connectivity index (χ0v) is 22.6. The Morgan fingerprint density at radius 1 is 0.452 bits per heavy atom. The second kappa shape index (κ2) is 8.88. The third-order valence-corrected chi connectivity index (χ3v) is 8.43. The van der Waals surface area contributed by atoms with Gasteiger partial charge in [0.25, 0.3) is 0 Å². The Labute approximate surface area is 241 Å². The number of nitrogens with zero attached hydrogens (tertiary/aromatic N) is 4. The summed E-state index contributed by atoms with van der Waals surface area (Å²) in [5.41, 5.74) is 8.75. The summed E-state index contributed by atoms with van der Waals surface area (Å²) in [6, 6.07) is 49.6. The van der Waals surface area contributed by atoms with E-state index in [0.717, 1.165) is 28.1 Å². The van der Waals surface area contributed by atoms with Crippen molar-refractivity contribution in [1.29, 1.82) is 0 Å². The normalized spacial score (nSPS) is 11.8. The molecule has 0 atom stereocenters. The van der Waals surface area contributed by atoms with Gasteiger partial charge in [0.05, 0.1) is 39.6 Å². The van der Waals surface area contributed by atoms with Crippen LogP contribution in [0.1, 0.15) is 0 Å². The molecule has 3 aromatic heterocycles. The van der Waals surface area contributed by atoms with E-state index >= 15 is 0 Å². The van der Waals surface area contributed by atoms with Gasteiger partial charge >= 0.3 is 0 Å². The van der Waals surface area contributed by atoms with Gasteiger partial charge in [-0.1, -0.05) is 109 Å². The minimum absolute atomic E-state index is 0.850. The number of hydrogen-bond donors (Lipinski definition) is 0. The van der Waals surface area contributed by atoms with Crippen molar-refractivity contribution in [2.75, 3.05) is 0 Å². The third-order valence-electron chi connectivity index (χ3n) is 8.43. The largest absolute Gasteiger partial charge is 0.309 e. The lowest BCUT2D eigenvalue weighted by Gasteiger charge is -2.14. The van der Waals surface area contributed by atoms with Crippen LogP contribution >= 0.6 is 0 Å². The molecular weight excluding hydrogens is 512 g/mol. The van der Waals surface area contributed by atoms with Gasteiger partial charge in [0, 0.05) is 38.2 Å². The van der Waals surface area contributed by atoms with Crippen molar-refractivity contribution in [2.45, 2.75) is 0 Å². The van der Waals surface area contributed by atoms with Gasteiger partial charge in [-0.2, -0.15) is 10.2 Å². The highest BCUT2D eigenvalue weighted by atomic mass is 15.1. The van der Waals surface area contributed by atoms with Crippen LogP contribution in [0.3, 0.4) is 0 Å². The zero-order valence-electron chi connectivity index (χ0n) is 22.6. The molecule has 0 amide bonds. The van der Waals surface area contributed by atoms with E-state index in [1.54, 1.807) is 0 Å².